The number of rotatable bonds is 1. The molecule has 2 atom stereocenters. The van der Waals surface area contributed by atoms with E-state index in [2.05, 4.69) is 6.07 Å². The van der Waals surface area contributed by atoms with Gasteiger partial charge in [-0.1, -0.05) is 30.3 Å². The molecule has 0 N–H and O–H groups in total. The summed E-state index contributed by atoms with van der Waals surface area (Å²) in [7, 11) is 0. The highest BCUT2D eigenvalue weighted by Gasteiger charge is 2.63. The molecule has 0 radical (unpaired) electrons. The Kier molecular flexibility index (Phi) is 2.59. The first kappa shape index (κ1) is 11.7. The third-order valence-electron chi connectivity index (χ3n) is 3.72. The zero-order chi connectivity index (χ0) is 12.9. The van der Waals surface area contributed by atoms with Gasteiger partial charge in [0.25, 0.3) is 0 Å². The van der Waals surface area contributed by atoms with Crippen molar-refractivity contribution in [2.75, 3.05) is 5.75 Å². The predicted octanol–water partition coefficient (Wildman–Crippen LogP) is 3.69. The Morgan fingerprint density at radius 3 is 2.95 bits per heavy atom. The molecule has 2 nitrogen and oxygen atoms in total. The SMILES string of the molecule is O=C1c2ccccc2CSC[C@@]12O[C@@H]2c1cccs1. The molecule has 1 aromatic heterocycles. The summed E-state index contributed by atoms with van der Waals surface area (Å²) >= 11 is 3.46. The monoisotopic (exact) mass is 288 g/mol. The lowest BCUT2D eigenvalue weighted by Gasteiger charge is -2.08. The minimum Gasteiger partial charge on any atom is -0.350 e. The predicted molar refractivity (Wildman–Crippen MR) is 77.8 cm³/mol. The maximum absolute atomic E-state index is 12.8. The highest BCUT2D eigenvalue weighted by atomic mass is 32.2. The maximum Gasteiger partial charge on any atom is 0.198 e. The Balaban J connectivity index is 1.75. The molecule has 0 saturated carbocycles. The summed E-state index contributed by atoms with van der Waals surface area (Å²) < 4.78 is 5.88. The molecule has 2 aliphatic rings. The lowest BCUT2D eigenvalue weighted by Crippen LogP contribution is -2.27. The van der Waals surface area contributed by atoms with Crippen LogP contribution in [-0.2, 0) is 10.5 Å². The quantitative estimate of drug-likeness (QED) is 0.750. The Hall–Kier alpha value is -1.10. The van der Waals surface area contributed by atoms with Gasteiger partial charge < -0.3 is 4.74 Å². The summed E-state index contributed by atoms with van der Waals surface area (Å²) in [6, 6.07) is 12.0. The van der Waals surface area contributed by atoms with Crippen LogP contribution in [0.4, 0.5) is 0 Å². The van der Waals surface area contributed by atoms with Crippen molar-refractivity contribution >= 4 is 28.9 Å². The molecular weight excluding hydrogens is 276 g/mol. The molecule has 2 aliphatic heterocycles. The van der Waals surface area contributed by atoms with E-state index in [1.54, 1.807) is 23.1 Å². The first-order chi connectivity index (χ1) is 9.31. The van der Waals surface area contributed by atoms with Crippen molar-refractivity contribution in [3.8, 4) is 0 Å². The number of hydrogen-bond donors (Lipinski definition) is 0. The van der Waals surface area contributed by atoms with Gasteiger partial charge in [-0.25, -0.2) is 0 Å². The molecule has 4 rings (SSSR count). The van der Waals surface area contributed by atoms with Crippen molar-refractivity contribution in [1.29, 1.82) is 0 Å². The van der Waals surface area contributed by atoms with Crippen LogP contribution in [-0.4, -0.2) is 17.1 Å². The number of Topliss-reactive ketones (excluding diaryl/α,β-unsaturated/α-hetero) is 1. The molecule has 0 aliphatic carbocycles. The summed E-state index contributed by atoms with van der Waals surface area (Å²) in [5.74, 6) is 1.80. The summed E-state index contributed by atoms with van der Waals surface area (Å²) in [6.07, 6.45) is -0.0429. The molecule has 0 bridgehead atoms. The number of thioether (sulfide) groups is 1. The lowest BCUT2D eigenvalue weighted by molar-refractivity contribution is 0.0892. The van der Waals surface area contributed by atoms with Crippen LogP contribution < -0.4 is 0 Å². The minimum absolute atomic E-state index is 0.0429. The zero-order valence-electron chi connectivity index (χ0n) is 10.2. The van der Waals surface area contributed by atoms with Crippen molar-refractivity contribution in [3.63, 3.8) is 0 Å². The molecule has 0 amide bonds. The second-order valence-corrected chi connectivity index (χ2v) is 6.85. The molecule has 1 aromatic carbocycles. The second kappa shape index (κ2) is 4.20. The Bertz CT molecular complexity index is 635. The van der Waals surface area contributed by atoms with Crippen LogP contribution in [0.15, 0.2) is 41.8 Å². The Morgan fingerprint density at radius 1 is 1.21 bits per heavy atom. The van der Waals surface area contributed by atoms with Crippen LogP contribution in [0.1, 0.15) is 26.9 Å². The number of epoxide rings is 1. The molecule has 96 valence electrons. The average molecular weight is 288 g/mol. The molecule has 3 heterocycles. The third-order valence-corrected chi connectivity index (χ3v) is 5.78. The van der Waals surface area contributed by atoms with Crippen LogP contribution in [0, 0.1) is 0 Å². The van der Waals surface area contributed by atoms with Gasteiger partial charge in [-0.3, -0.25) is 4.79 Å². The average Bonchev–Trinajstić information content (AvgIpc) is 2.96. The van der Waals surface area contributed by atoms with E-state index in [9.17, 15) is 4.79 Å². The number of ketones is 1. The summed E-state index contributed by atoms with van der Waals surface area (Å²) in [5.41, 5.74) is 1.36. The maximum atomic E-state index is 12.8. The van der Waals surface area contributed by atoms with Crippen LogP contribution >= 0.6 is 23.1 Å². The Labute approximate surface area is 119 Å². The van der Waals surface area contributed by atoms with E-state index in [-0.39, 0.29) is 11.9 Å². The highest BCUT2D eigenvalue weighted by Crippen LogP contribution is 2.55. The fourth-order valence-electron chi connectivity index (χ4n) is 2.66. The van der Waals surface area contributed by atoms with E-state index in [0.717, 1.165) is 27.5 Å². The topological polar surface area (TPSA) is 29.6 Å². The summed E-state index contributed by atoms with van der Waals surface area (Å²) in [4.78, 5) is 14.0. The van der Waals surface area contributed by atoms with Gasteiger partial charge in [0, 0.05) is 21.9 Å². The third kappa shape index (κ3) is 1.71. The van der Waals surface area contributed by atoms with Gasteiger partial charge in [0.05, 0.1) is 0 Å². The molecule has 4 heteroatoms. The zero-order valence-corrected chi connectivity index (χ0v) is 11.8. The molecule has 1 spiro atoms. The molecular formula is C15H12O2S2. The van der Waals surface area contributed by atoms with Crippen LogP contribution in [0.3, 0.4) is 0 Å². The van der Waals surface area contributed by atoms with Gasteiger partial charge in [0.15, 0.2) is 11.4 Å². The smallest absolute Gasteiger partial charge is 0.198 e. The molecule has 2 aromatic rings. The van der Waals surface area contributed by atoms with Crippen molar-refractivity contribution in [2.24, 2.45) is 0 Å². The Morgan fingerprint density at radius 2 is 2.11 bits per heavy atom. The van der Waals surface area contributed by atoms with E-state index in [4.69, 9.17) is 4.74 Å². The molecule has 1 fully saturated rings. The van der Waals surface area contributed by atoms with Crippen molar-refractivity contribution in [1.82, 2.24) is 0 Å². The van der Waals surface area contributed by atoms with Gasteiger partial charge in [-0.05, 0) is 17.0 Å². The van der Waals surface area contributed by atoms with E-state index in [1.165, 1.54) is 0 Å². The lowest BCUT2D eigenvalue weighted by atomic mass is 9.93. The number of hydrogen-bond acceptors (Lipinski definition) is 4. The summed E-state index contributed by atoms with van der Waals surface area (Å²) in [5, 5.41) is 2.03. The molecule has 1 saturated heterocycles. The highest BCUT2D eigenvalue weighted by molar-refractivity contribution is 7.98. The molecule has 19 heavy (non-hydrogen) atoms. The number of fused-ring (bicyclic) bond motifs is 1. The summed E-state index contributed by atoms with van der Waals surface area (Å²) in [6.45, 7) is 0. The van der Waals surface area contributed by atoms with Gasteiger partial charge in [0.1, 0.15) is 6.10 Å². The van der Waals surface area contributed by atoms with Gasteiger partial charge in [0.2, 0.25) is 0 Å². The number of ether oxygens (including phenoxy) is 1. The number of benzene rings is 1. The van der Waals surface area contributed by atoms with E-state index >= 15 is 0 Å². The van der Waals surface area contributed by atoms with E-state index in [1.807, 2.05) is 35.7 Å². The van der Waals surface area contributed by atoms with Crippen molar-refractivity contribution in [3.05, 3.63) is 57.8 Å². The first-order valence-corrected chi connectivity index (χ1v) is 8.26. The van der Waals surface area contributed by atoms with Gasteiger partial charge >= 0.3 is 0 Å². The van der Waals surface area contributed by atoms with Crippen LogP contribution in [0.25, 0.3) is 0 Å². The fourth-order valence-corrected chi connectivity index (χ4v) is 4.72. The number of thiophene rings is 1. The van der Waals surface area contributed by atoms with Crippen molar-refractivity contribution < 1.29 is 9.53 Å². The van der Waals surface area contributed by atoms with Crippen LogP contribution in [0.5, 0.6) is 0 Å². The van der Waals surface area contributed by atoms with Gasteiger partial charge in [-0.15, -0.1) is 11.3 Å². The van der Waals surface area contributed by atoms with Gasteiger partial charge in [-0.2, -0.15) is 11.8 Å². The second-order valence-electron chi connectivity index (χ2n) is 4.88. The standard InChI is InChI=1S/C15H12O2S2/c16-13-11-5-2-1-4-10(11)8-18-9-15(13)14(17-15)12-6-3-7-19-12/h1-7,14H,8-9H2/t14-,15-/m1/s1. The minimum atomic E-state index is -0.609. The van der Waals surface area contributed by atoms with Crippen molar-refractivity contribution in [2.45, 2.75) is 17.5 Å². The molecule has 0 unspecified atom stereocenters. The largest absolute Gasteiger partial charge is 0.350 e. The van der Waals surface area contributed by atoms with Crippen LogP contribution in [0.2, 0.25) is 0 Å². The first-order valence-electron chi connectivity index (χ1n) is 6.23. The number of carbonyl (C=O) groups excluding carboxylic acids is 1. The normalized spacial score (nSPS) is 29.1. The van der Waals surface area contributed by atoms with E-state index in [0.29, 0.717) is 0 Å². The fraction of sp³-hybridized carbons (Fsp3) is 0.267. The van der Waals surface area contributed by atoms with E-state index < -0.39 is 5.60 Å². The number of carbonyl (C=O) groups is 1.